The zero-order chi connectivity index (χ0) is 13.9. The fourth-order valence-electron chi connectivity index (χ4n) is 2.60. The SMILES string of the molecule is CC1CCCC(O)(CNc2cncc(C(=O)O)n2)C1. The van der Waals surface area contributed by atoms with E-state index in [-0.39, 0.29) is 5.69 Å². The van der Waals surface area contributed by atoms with Crippen LogP contribution < -0.4 is 5.32 Å². The number of hydrogen-bond donors (Lipinski definition) is 3. The fraction of sp³-hybridized carbons (Fsp3) is 0.615. The molecule has 104 valence electrons. The summed E-state index contributed by atoms with van der Waals surface area (Å²) in [5.41, 5.74) is -0.840. The summed E-state index contributed by atoms with van der Waals surface area (Å²) in [6.45, 7) is 2.50. The van der Waals surface area contributed by atoms with Crippen molar-refractivity contribution in [3.05, 3.63) is 18.1 Å². The summed E-state index contributed by atoms with van der Waals surface area (Å²) >= 11 is 0. The highest BCUT2D eigenvalue weighted by atomic mass is 16.4. The number of nitrogens with zero attached hydrogens (tertiary/aromatic N) is 2. The summed E-state index contributed by atoms with van der Waals surface area (Å²) in [6.07, 6.45) is 6.34. The number of hydrogen-bond acceptors (Lipinski definition) is 5. The van der Waals surface area contributed by atoms with Crippen molar-refractivity contribution < 1.29 is 15.0 Å². The lowest BCUT2D eigenvalue weighted by Gasteiger charge is -2.35. The molecule has 1 saturated carbocycles. The second-order valence-corrected chi connectivity index (χ2v) is 5.37. The molecular formula is C13H19N3O3. The van der Waals surface area contributed by atoms with Crippen molar-refractivity contribution >= 4 is 11.8 Å². The molecule has 0 amide bonds. The minimum atomic E-state index is -1.11. The molecule has 0 aromatic carbocycles. The van der Waals surface area contributed by atoms with E-state index in [2.05, 4.69) is 22.2 Å². The van der Waals surface area contributed by atoms with E-state index in [1.54, 1.807) is 0 Å². The summed E-state index contributed by atoms with van der Waals surface area (Å²) in [4.78, 5) is 18.5. The van der Waals surface area contributed by atoms with Crippen LogP contribution in [0.5, 0.6) is 0 Å². The van der Waals surface area contributed by atoms with Crippen LogP contribution in [-0.4, -0.2) is 38.3 Å². The quantitative estimate of drug-likeness (QED) is 0.764. The van der Waals surface area contributed by atoms with Crippen molar-refractivity contribution in [3.63, 3.8) is 0 Å². The number of nitrogens with one attached hydrogen (secondary N) is 1. The number of aliphatic hydroxyl groups is 1. The van der Waals surface area contributed by atoms with Gasteiger partial charge in [-0.2, -0.15) is 0 Å². The summed E-state index contributed by atoms with van der Waals surface area (Å²) < 4.78 is 0. The lowest BCUT2D eigenvalue weighted by Crippen LogP contribution is -2.41. The summed E-state index contributed by atoms with van der Waals surface area (Å²) in [6, 6.07) is 0. The molecule has 2 unspecified atom stereocenters. The highest BCUT2D eigenvalue weighted by Crippen LogP contribution is 2.32. The molecule has 1 aromatic rings. The van der Waals surface area contributed by atoms with Crippen LogP contribution in [0.1, 0.15) is 43.1 Å². The topological polar surface area (TPSA) is 95.3 Å². The maximum absolute atomic E-state index is 10.8. The van der Waals surface area contributed by atoms with Crippen molar-refractivity contribution in [1.29, 1.82) is 0 Å². The third-order valence-electron chi connectivity index (χ3n) is 3.52. The van der Waals surface area contributed by atoms with E-state index < -0.39 is 11.6 Å². The molecule has 2 rings (SSSR count). The van der Waals surface area contributed by atoms with Crippen molar-refractivity contribution in [1.82, 2.24) is 9.97 Å². The van der Waals surface area contributed by atoms with Gasteiger partial charge in [0.25, 0.3) is 0 Å². The van der Waals surface area contributed by atoms with E-state index in [0.29, 0.717) is 18.3 Å². The van der Waals surface area contributed by atoms with Gasteiger partial charge in [-0.05, 0) is 18.8 Å². The first-order chi connectivity index (χ1) is 8.98. The molecule has 2 atom stereocenters. The number of carboxylic acids is 1. The van der Waals surface area contributed by atoms with E-state index in [1.807, 2.05) is 0 Å². The van der Waals surface area contributed by atoms with Gasteiger partial charge < -0.3 is 15.5 Å². The Balaban J connectivity index is 1.98. The van der Waals surface area contributed by atoms with Gasteiger partial charge in [0.1, 0.15) is 5.82 Å². The Morgan fingerprint density at radius 2 is 2.37 bits per heavy atom. The Kier molecular flexibility index (Phi) is 3.99. The Morgan fingerprint density at radius 1 is 1.58 bits per heavy atom. The molecule has 3 N–H and O–H groups in total. The van der Waals surface area contributed by atoms with Crippen molar-refractivity contribution in [2.75, 3.05) is 11.9 Å². The molecule has 1 aliphatic carbocycles. The van der Waals surface area contributed by atoms with Crippen LogP contribution in [0.3, 0.4) is 0 Å². The second kappa shape index (κ2) is 5.52. The van der Waals surface area contributed by atoms with Crippen molar-refractivity contribution in [2.45, 2.75) is 38.2 Å². The van der Waals surface area contributed by atoms with Crippen LogP contribution in [0, 0.1) is 5.92 Å². The fourth-order valence-corrected chi connectivity index (χ4v) is 2.60. The van der Waals surface area contributed by atoms with Gasteiger partial charge in [0.2, 0.25) is 0 Å². The smallest absolute Gasteiger partial charge is 0.356 e. The Bertz CT molecular complexity index is 466. The Hall–Kier alpha value is -1.69. The molecule has 1 heterocycles. The van der Waals surface area contributed by atoms with Gasteiger partial charge in [0.05, 0.1) is 18.0 Å². The van der Waals surface area contributed by atoms with E-state index >= 15 is 0 Å². The van der Waals surface area contributed by atoms with E-state index in [9.17, 15) is 9.90 Å². The van der Waals surface area contributed by atoms with Crippen LogP contribution >= 0.6 is 0 Å². The zero-order valence-electron chi connectivity index (χ0n) is 11.0. The molecule has 6 heteroatoms. The average molecular weight is 265 g/mol. The van der Waals surface area contributed by atoms with Gasteiger partial charge >= 0.3 is 5.97 Å². The molecule has 0 bridgehead atoms. The summed E-state index contributed by atoms with van der Waals surface area (Å²) in [5, 5.41) is 22.3. The summed E-state index contributed by atoms with van der Waals surface area (Å²) in [5.74, 6) is -0.218. The summed E-state index contributed by atoms with van der Waals surface area (Å²) in [7, 11) is 0. The molecule has 0 radical (unpaired) electrons. The number of aromatic nitrogens is 2. The molecule has 0 aliphatic heterocycles. The zero-order valence-corrected chi connectivity index (χ0v) is 11.0. The van der Waals surface area contributed by atoms with Gasteiger partial charge in [0, 0.05) is 6.54 Å². The number of carbonyl (C=O) groups is 1. The first kappa shape index (κ1) is 13.7. The molecule has 0 saturated heterocycles. The van der Waals surface area contributed by atoms with Gasteiger partial charge in [-0.15, -0.1) is 0 Å². The Labute approximate surface area is 111 Å². The minimum Gasteiger partial charge on any atom is -0.476 e. The highest BCUT2D eigenvalue weighted by Gasteiger charge is 2.32. The minimum absolute atomic E-state index is 0.103. The predicted molar refractivity (Wildman–Crippen MR) is 70.1 cm³/mol. The van der Waals surface area contributed by atoms with Crippen molar-refractivity contribution in [3.8, 4) is 0 Å². The third kappa shape index (κ3) is 3.64. The van der Waals surface area contributed by atoms with Gasteiger partial charge in [0.15, 0.2) is 5.69 Å². The molecule has 1 fully saturated rings. The Morgan fingerprint density at radius 3 is 3.05 bits per heavy atom. The van der Waals surface area contributed by atoms with Gasteiger partial charge in [-0.3, -0.25) is 4.98 Å². The van der Waals surface area contributed by atoms with Crippen LogP contribution in [0.25, 0.3) is 0 Å². The second-order valence-electron chi connectivity index (χ2n) is 5.37. The van der Waals surface area contributed by atoms with Crippen molar-refractivity contribution in [2.24, 2.45) is 5.92 Å². The van der Waals surface area contributed by atoms with E-state index in [1.165, 1.54) is 12.4 Å². The standard InChI is InChI=1S/C13H19N3O3/c1-9-3-2-4-13(19,5-9)8-15-11-7-14-6-10(16-11)12(17)18/h6-7,9,19H,2-5,8H2,1H3,(H,15,16)(H,17,18). The molecule has 1 aromatic heterocycles. The maximum atomic E-state index is 10.8. The molecule has 1 aliphatic rings. The number of aromatic carboxylic acids is 1. The number of rotatable bonds is 4. The monoisotopic (exact) mass is 265 g/mol. The maximum Gasteiger partial charge on any atom is 0.356 e. The third-order valence-corrected chi connectivity index (χ3v) is 3.52. The molecule has 6 nitrogen and oxygen atoms in total. The lowest BCUT2D eigenvalue weighted by molar-refractivity contribution is -0.000831. The van der Waals surface area contributed by atoms with E-state index in [4.69, 9.17) is 5.11 Å². The number of carboxylic acid groups (broad SMARTS) is 1. The van der Waals surface area contributed by atoms with Gasteiger partial charge in [-0.25, -0.2) is 9.78 Å². The first-order valence-electron chi connectivity index (χ1n) is 6.50. The molecule has 0 spiro atoms. The average Bonchev–Trinajstić information content (AvgIpc) is 2.36. The predicted octanol–water partition coefficient (Wildman–Crippen LogP) is 1.53. The van der Waals surface area contributed by atoms with E-state index in [0.717, 1.165) is 25.7 Å². The van der Waals surface area contributed by atoms with Crippen LogP contribution in [0.4, 0.5) is 5.82 Å². The molecule has 19 heavy (non-hydrogen) atoms. The number of anilines is 1. The largest absolute Gasteiger partial charge is 0.476 e. The highest BCUT2D eigenvalue weighted by molar-refractivity contribution is 5.85. The lowest BCUT2D eigenvalue weighted by atomic mass is 9.79. The van der Waals surface area contributed by atoms with Gasteiger partial charge in [-0.1, -0.05) is 19.8 Å². The van der Waals surface area contributed by atoms with Crippen LogP contribution in [-0.2, 0) is 0 Å². The van der Waals surface area contributed by atoms with Crippen LogP contribution in [0.15, 0.2) is 12.4 Å². The normalized spacial score (nSPS) is 26.9. The first-order valence-corrected chi connectivity index (χ1v) is 6.50. The molecular weight excluding hydrogens is 246 g/mol. The van der Waals surface area contributed by atoms with Crippen LogP contribution in [0.2, 0.25) is 0 Å².